The Hall–Kier alpha value is -2.24. The molecule has 4 bridgehead atoms. The van der Waals surface area contributed by atoms with E-state index < -0.39 is 82.5 Å². The lowest BCUT2D eigenvalue weighted by atomic mass is 9.46. The van der Waals surface area contributed by atoms with Gasteiger partial charge in [-0.3, -0.25) is 19.2 Å². The summed E-state index contributed by atoms with van der Waals surface area (Å²) in [5.74, 6) is -2.16. The molecule has 188 valence electrons. The van der Waals surface area contributed by atoms with Crippen LogP contribution in [0.3, 0.4) is 0 Å². The largest absolute Gasteiger partial charge is 0.459 e. The van der Waals surface area contributed by atoms with Gasteiger partial charge in [-0.05, 0) is 13.3 Å². The molecule has 4 heterocycles. The molecule has 4 saturated heterocycles. The van der Waals surface area contributed by atoms with E-state index in [4.69, 9.17) is 33.2 Å². The lowest BCUT2D eigenvalue weighted by Gasteiger charge is -2.68. The average Bonchev–Trinajstić information content (AvgIpc) is 3.49. The Balaban J connectivity index is 1.69. The highest BCUT2D eigenvalue weighted by Crippen LogP contribution is 2.75. The number of ether oxygens (including phenoxy) is 7. The van der Waals surface area contributed by atoms with E-state index in [1.165, 1.54) is 27.7 Å². The van der Waals surface area contributed by atoms with Crippen molar-refractivity contribution in [3.63, 3.8) is 0 Å². The predicted molar refractivity (Wildman–Crippen MR) is 109 cm³/mol. The minimum Gasteiger partial charge on any atom is -0.459 e. The van der Waals surface area contributed by atoms with Crippen molar-refractivity contribution in [1.29, 1.82) is 0 Å². The van der Waals surface area contributed by atoms with Crippen LogP contribution >= 0.6 is 0 Å². The van der Waals surface area contributed by atoms with Gasteiger partial charge in [0.25, 0.3) is 0 Å². The van der Waals surface area contributed by atoms with Crippen LogP contribution in [0.4, 0.5) is 0 Å². The summed E-state index contributed by atoms with van der Waals surface area (Å²) >= 11 is 0. The van der Waals surface area contributed by atoms with Gasteiger partial charge in [-0.1, -0.05) is 6.92 Å². The molecule has 6 rings (SSSR count). The van der Waals surface area contributed by atoms with E-state index in [1.807, 2.05) is 6.92 Å². The fourth-order valence-corrected chi connectivity index (χ4v) is 7.16. The molecule has 11 nitrogen and oxygen atoms in total. The summed E-state index contributed by atoms with van der Waals surface area (Å²) in [6.45, 7) is 9.24. The molecule has 11 heteroatoms. The molecular formula is C23H30O11. The van der Waals surface area contributed by atoms with Gasteiger partial charge in [0.05, 0.1) is 18.6 Å². The van der Waals surface area contributed by atoms with Crippen LogP contribution in [-0.4, -0.2) is 84.9 Å². The van der Waals surface area contributed by atoms with E-state index >= 15 is 0 Å². The third-order valence-electron chi connectivity index (χ3n) is 8.70. The van der Waals surface area contributed by atoms with Crippen LogP contribution in [0.2, 0.25) is 0 Å². The fraction of sp³-hybridized carbons (Fsp3) is 0.826. The number of rotatable bonds is 4. The first-order valence-corrected chi connectivity index (χ1v) is 11.4. The van der Waals surface area contributed by atoms with Gasteiger partial charge in [-0.15, -0.1) is 0 Å². The molecule has 2 aliphatic carbocycles. The summed E-state index contributed by atoms with van der Waals surface area (Å²) in [5.41, 5.74) is -4.01. The smallest absolute Gasteiger partial charge is 0.303 e. The van der Waals surface area contributed by atoms with Gasteiger partial charge in [-0.2, -0.15) is 0 Å². The van der Waals surface area contributed by atoms with Gasteiger partial charge in [0.15, 0.2) is 18.3 Å². The Morgan fingerprint density at radius 2 is 1.29 bits per heavy atom. The Morgan fingerprint density at radius 3 is 1.82 bits per heavy atom. The molecule has 0 N–H and O–H groups in total. The van der Waals surface area contributed by atoms with Crippen molar-refractivity contribution in [2.75, 3.05) is 13.2 Å². The summed E-state index contributed by atoms with van der Waals surface area (Å²) in [7, 11) is 0. The molecule has 2 saturated carbocycles. The van der Waals surface area contributed by atoms with Crippen LogP contribution < -0.4 is 0 Å². The number of esters is 4. The maximum atomic E-state index is 12.2. The van der Waals surface area contributed by atoms with Crippen molar-refractivity contribution in [2.45, 2.75) is 95.8 Å². The number of hydrogen-bond acceptors (Lipinski definition) is 11. The van der Waals surface area contributed by atoms with Gasteiger partial charge < -0.3 is 33.2 Å². The molecule has 6 aliphatic rings. The lowest BCUT2D eigenvalue weighted by molar-refractivity contribution is -0.380. The highest BCUT2D eigenvalue weighted by molar-refractivity contribution is 5.69. The topological polar surface area (TPSA) is 136 Å². The molecular weight excluding hydrogens is 452 g/mol. The van der Waals surface area contributed by atoms with Crippen LogP contribution in [0.5, 0.6) is 0 Å². The number of fused-ring (bicyclic) bond motifs is 2. The summed E-state index contributed by atoms with van der Waals surface area (Å²) < 4.78 is 41.9. The van der Waals surface area contributed by atoms with Crippen molar-refractivity contribution in [3.05, 3.63) is 0 Å². The number of carbonyl (C=O) groups is 4. The molecule has 4 aliphatic heterocycles. The average molecular weight is 482 g/mol. The van der Waals surface area contributed by atoms with E-state index in [0.29, 0.717) is 13.0 Å². The molecule has 6 fully saturated rings. The molecule has 0 amide bonds. The van der Waals surface area contributed by atoms with E-state index in [2.05, 4.69) is 0 Å². The second-order valence-corrected chi connectivity index (χ2v) is 10.4. The van der Waals surface area contributed by atoms with Crippen molar-refractivity contribution in [1.82, 2.24) is 0 Å². The van der Waals surface area contributed by atoms with Gasteiger partial charge in [0.2, 0.25) is 0 Å². The van der Waals surface area contributed by atoms with Crippen molar-refractivity contribution in [3.8, 4) is 0 Å². The predicted octanol–water partition coefficient (Wildman–Crippen LogP) is 0.449. The van der Waals surface area contributed by atoms with E-state index in [9.17, 15) is 19.2 Å². The first kappa shape index (κ1) is 23.5. The van der Waals surface area contributed by atoms with E-state index in [-0.39, 0.29) is 6.61 Å². The Morgan fingerprint density at radius 1 is 0.735 bits per heavy atom. The second kappa shape index (κ2) is 7.14. The summed E-state index contributed by atoms with van der Waals surface area (Å²) in [6, 6.07) is 0. The maximum absolute atomic E-state index is 12.2. The molecule has 34 heavy (non-hydrogen) atoms. The lowest BCUT2D eigenvalue weighted by Crippen LogP contribution is -2.81. The third-order valence-corrected chi connectivity index (χ3v) is 8.70. The minimum atomic E-state index is -1.16. The highest BCUT2D eigenvalue weighted by atomic mass is 16.7. The zero-order valence-electron chi connectivity index (χ0n) is 20.1. The normalized spacial score (nSPS) is 49.7. The Kier molecular flexibility index (Phi) is 4.94. The fourth-order valence-electron chi connectivity index (χ4n) is 7.16. The van der Waals surface area contributed by atoms with Crippen LogP contribution in [0.1, 0.15) is 48.0 Å². The van der Waals surface area contributed by atoms with Crippen LogP contribution in [-0.2, 0) is 52.3 Å². The van der Waals surface area contributed by atoms with Gasteiger partial charge in [0.1, 0.15) is 29.5 Å². The molecule has 0 aromatic rings. The van der Waals surface area contributed by atoms with Crippen molar-refractivity contribution in [2.24, 2.45) is 10.8 Å². The van der Waals surface area contributed by atoms with Crippen molar-refractivity contribution < 1.29 is 52.3 Å². The van der Waals surface area contributed by atoms with Gasteiger partial charge in [-0.25, -0.2) is 0 Å². The van der Waals surface area contributed by atoms with Crippen LogP contribution in [0, 0.1) is 10.8 Å². The Bertz CT molecular complexity index is 959. The third kappa shape index (κ3) is 2.74. The first-order chi connectivity index (χ1) is 15.8. The molecule has 2 spiro atoms. The van der Waals surface area contributed by atoms with Gasteiger partial charge >= 0.3 is 23.9 Å². The zero-order valence-corrected chi connectivity index (χ0v) is 20.1. The number of hydrogen-bond donors (Lipinski definition) is 0. The molecule has 0 aromatic heterocycles. The number of carbonyl (C=O) groups excluding carboxylic acids is 4. The monoisotopic (exact) mass is 482 g/mol. The first-order valence-electron chi connectivity index (χ1n) is 11.4. The van der Waals surface area contributed by atoms with E-state index in [1.54, 1.807) is 6.92 Å². The molecule has 1 unspecified atom stereocenters. The van der Waals surface area contributed by atoms with Crippen molar-refractivity contribution >= 4 is 23.9 Å². The van der Waals surface area contributed by atoms with Crippen LogP contribution in [0.15, 0.2) is 0 Å². The second-order valence-electron chi connectivity index (χ2n) is 10.4. The number of epoxide rings is 1. The minimum absolute atomic E-state index is 0.155. The summed E-state index contributed by atoms with van der Waals surface area (Å²) in [6.07, 6.45) is -4.72. The molecule has 0 radical (unpaired) electrons. The maximum Gasteiger partial charge on any atom is 0.303 e. The van der Waals surface area contributed by atoms with E-state index in [0.717, 1.165) is 0 Å². The quantitative estimate of drug-likeness (QED) is 0.314. The summed E-state index contributed by atoms with van der Waals surface area (Å²) in [5, 5.41) is 0. The summed E-state index contributed by atoms with van der Waals surface area (Å²) in [4.78, 5) is 48.4. The van der Waals surface area contributed by atoms with Gasteiger partial charge in [0, 0.05) is 33.1 Å². The van der Waals surface area contributed by atoms with Crippen LogP contribution in [0.25, 0.3) is 0 Å². The highest BCUT2D eigenvalue weighted by Gasteiger charge is 2.90. The standard InChI is InChI=1S/C23H30O11/c1-10(24)30-14-7-22-8-28-20(14,5)18(33-13(4)27)19(22)34-17-15(31-11(2)25)16(32-12(3)26)21(22,6)23(17)9-29-23/h14-19H,7-9H2,1-6H3/t14-,15+,16+,17+,18-,19+,20-,21+,22?,23-/m0/s1. The SMILES string of the molecule is CC(=O)O[C@H]1[C@H]2O[C@@H]3[C@H](OC(C)=O)[C@@]4(C)OCC3(C[C@@H]4OC(C)=O)[C@@](C)([C@@H]1OC(C)=O)[C@]21CO1. The Labute approximate surface area is 196 Å². The molecule has 0 aromatic carbocycles. The molecule has 10 atom stereocenters. The zero-order chi connectivity index (χ0) is 24.8.